The highest BCUT2D eigenvalue weighted by molar-refractivity contribution is 5.94. The van der Waals surface area contributed by atoms with Gasteiger partial charge in [0, 0.05) is 30.6 Å². The fourth-order valence-electron chi connectivity index (χ4n) is 3.76. The minimum absolute atomic E-state index is 0.0890. The topological polar surface area (TPSA) is 91.2 Å². The average Bonchev–Trinajstić information content (AvgIpc) is 3.37. The second kappa shape index (κ2) is 10.1. The van der Waals surface area contributed by atoms with E-state index in [1.54, 1.807) is 12.1 Å². The van der Waals surface area contributed by atoms with Gasteiger partial charge in [-0.3, -0.25) is 15.1 Å². The molecule has 188 valence electrons. The second-order valence-electron chi connectivity index (χ2n) is 8.20. The number of nitrogens with one attached hydrogen (secondary N) is 1. The molecule has 0 unspecified atom stereocenters. The minimum atomic E-state index is -4.68. The molecule has 1 aliphatic heterocycles. The van der Waals surface area contributed by atoms with Crippen molar-refractivity contribution in [2.75, 3.05) is 0 Å². The van der Waals surface area contributed by atoms with Crippen molar-refractivity contribution in [1.82, 2.24) is 25.1 Å². The lowest BCUT2D eigenvalue weighted by atomic mass is 10.0. The molecule has 3 aromatic rings. The van der Waals surface area contributed by atoms with Gasteiger partial charge in [0.15, 0.2) is 17.8 Å². The van der Waals surface area contributed by atoms with Gasteiger partial charge in [-0.2, -0.15) is 18.3 Å². The van der Waals surface area contributed by atoms with Crippen LogP contribution in [0.15, 0.2) is 96.9 Å². The summed E-state index contributed by atoms with van der Waals surface area (Å²) in [5, 5.41) is 6.65. The molecule has 4 heterocycles. The lowest BCUT2D eigenvalue weighted by molar-refractivity contribution is -0.142. The van der Waals surface area contributed by atoms with Gasteiger partial charge in [-0.05, 0) is 43.2 Å². The summed E-state index contributed by atoms with van der Waals surface area (Å²) in [7, 11) is 0. The van der Waals surface area contributed by atoms with Crippen molar-refractivity contribution in [2.45, 2.75) is 25.4 Å². The highest BCUT2D eigenvalue weighted by Gasteiger charge is 2.37. The molecular weight excluding hydrogens is 487 g/mol. The van der Waals surface area contributed by atoms with Crippen molar-refractivity contribution < 1.29 is 27.4 Å². The Morgan fingerprint density at radius 1 is 1.16 bits per heavy atom. The minimum Gasteiger partial charge on any atom is -0.464 e. The van der Waals surface area contributed by atoms with E-state index in [1.807, 2.05) is 12.2 Å². The van der Waals surface area contributed by atoms with Gasteiger partial charge in [-0.15, -0.1) is 0 Å². The number of allylic oxidation sites excluding steroid dienone is 4. The molecule has 0 bridgehead atoms. The van der Waals surface area contributed by atoms with Crippen LogP contribution in [0.3, 0.4) is 0 Å². The Balaban J connectivity index is 1.29. The molecule has 11 heteroatoms. The number of carbonyl (C=O) groups is 1. The first kappa shape index (κ1) is 24.0. The Labute approximate surface area is 209 Å². The van der Waals surface area contributed by atoms with Gasteiger partial charge in [0.1, 0.15) is 12.0 Å². The third-order valence-corrected chi connectivity index (χ3v) is 5.54. The van der Waals surface area contributed by atoms with Crippen LogP contribution in [0.1, 0.15) is 35.3 Å². The summed E-state index contributed by atoms with van der Waals surface area (Å²) in [6.45, 7) is 0. The van der Waals surface area contributed by atoms with Gasteiger partial charge >= 0.3 is 6.18 Å². The maximum Gasteiger partial charge on any atom is 0.433 e. The van der Waals surface area contributed by atoms with Crippen LogP contribution in [0.25, 0.3) is 17.1 Å². The summed E-state index contributed by atoms with van der Waals surface area (Å²) in [4.78, 5) is 20.7. The van der Waals surface area contributed by atoms with Crippen LogP contribution in [-0.2, 0) is 15.7 Å². The van der Waals surface area contributed by atoms with Crippen molar-refractivity contribution >= 4 is 5.91 Å². The van der Waals surface area contributed by atoms with Gasteiger partial charge in [0.05, 0.1) is 11.3 Å². The molecule has 0 saturated carbocycles. The first-order valence-corrected chi connectivity index (χ1v) is 11.3. The maximum absolute atomic E-state index is 13.7. The summed E-state index contributed by atoms with van der Waals surface area (Å²) in [5.74, 6) is -0.0419. The SMILES string of the molecule is O=C(NC1=COC=C(CC2=CC=CCC2)O1)c1ccc(-n2nc(-c3cccnc3)cc2C(F)(F)F)nc1. The van der Waals surface area contributed by atoms with Gasteiger partial charge in [-0.25, -0.2) is 9.67 Å². The number of aromatic nitrogens is 4. The number of ether oxygens (including phenoxy) is 2. The lowest BCUT2D eigenvalue weighted by Gasteiger charge is -2.18. The standard InChI is InChI=1S/C26H20F3N5O3/c27-26(28,29)22-12-21(18-7-4-10-30-13-18)33-34(22)23-9-8-19(14-31-23)25(35)32-24-16-36-15-20(37-24)11-17-5-2-1-3-6-17/h1-2,4-5,7-10,12-16H,3,6,11H2,(H,32,35). The van der Waals surface area contributed by atoms with Crippen LogP contribution < -0.4 is 5.32 Å². The van der Waals surface area contributed by atoms with E-state index < -0.39 is 17.8 Å². The molecule has 0 radical (unpaired) electrons. The van der Waals surface area contributed by atoms with Crippen molar-refractivity contribution in [3.05, 3.63) is 108 Å². The van der Waals surface area contributed by atoms with E-state index in [-0.39, 0.29) is 23.0 Å². The molecule has 0 aromatic carbocycles. The van der Waals surface area contributed by atoms with Crippen LogP contribution in [0.5, 0.6) is 0 Å². The quantitative estimate of drug-likeness (QED) is 0.478. The van der Waals surface area contributed by atoms with E-state index in [2.05, 4.69) is 26.5 Å². The third-order valence-electron chi connectivity index (χ3n) is 5.54. The molecule has 0 saturated heterocycles. The fourth-order valence-corrected chi connectivity index (χ4v) is 3.76. The van der Waals surface area contributed by atoms with Crippen LogP contribution in [-0.4, -0.2) is 25.7 Å². The molecule has 3 aromatic heterocycles. The number of nitrogens with zero attached hydrogens (tertiary/aromatic N) is 4. The van der Waals surface area contributed by atoms with Crippen LogP contribution >= 0.6 is 0 Å². The van der Waals surface area contributed by atoms with Crippen LogP contribution in [0, 0.1) is 0 Å². The van der Waals surface area contributed by atoms with E-state index in [0.717, 1.165) is 25.1 Å². The predicted molar refractivity (Wildman–Crippen MR) is 126 cm³/mol. The van der Waals surface area contributed by atoms with E-state index in [9.17, 15) is 18.0 Å². The van der Waals surface area contributed by atoms with E-state index in [0.29, 0.717) is 22.4 Å². The number of pyridine rings is 2. The van der Waals surface area contributed by atoms with Crippen molar-refractivity contribution in [3.8, 4) is 17.1 Å². The van der Waals surface area contributed by atoms with Crippen molar-refractivity contribution in [1.29, 1.82) is 0 Å². The second-order valence-corrected chi connectivity index (χ2v) is 8.20. The molecule has 0 spiro atoms. The third kappa shape index (κ3) is 5.61. The molecule has 1 N–H and O–H groups in total. The van der Waals surface area contributed by atoms with Crippen molar-refractivity contribution in [2.24, 2.45) is 0 Å². The summed E-state index contributed by atoms with van der Waals surface area (Å²) in [6, 6.07) is 6.77. The normalized spacial score (nSPS) is 15.2. The number of alkyl halides is 3. The first-order valence-electron chi connectivity index (χ1n) is 11.3. The number of rotatable bonds is 6. The Hall–Kier alpha value is -4.67. The molecule has 8 nitrogen and oxygen atoms in total. The smallest absolute Gasteiger partial charge is 0.433 e. The summed E-state index contributed by atoms with van der Waals surface area (Å²) in [6.07, 6.45) is 10.6. The number of amides is 1. The summed E-state index contributed by atoms with van der Waals surface area (Å²) in [5.41, 5.74) is 0.799. The number of carbonyl (C=O) groups excluding carboxylic acids is 1. The zero-order valence-electron chi connectivity index (χ0n) is 19.3. The fraction of sp³-hybridized carbons (Fsp3) is 0.154. The Kier molecular flexibility index (Phi) is 6.59. The first-order chi connectivity index (χ1) is 17.9. The summed E-state index contributed by atoms with van der Waals surface area (Å²) >= 11 is 0. The number of halogens is 3. The molecule has 0 atom stereocenters. The molecule has 0 fully saturated rings. The lowest BCUT2D eigenvalue weighted by Crippen LogP contribution is -2.25. The largest absolute Gasteiger partial charge is 0.464 e. The highest BCUT2D eigenvalue weighted by Crippen LogP contribution is 2.33. The van der Waals surface area contributed by atoms with E-state index in [4.69, 9.17) is 9.47 Å². The zero-order valence-corrected chi connectivity index (χ0v) is 19.3. The number of hydrogen-bond acceptors (Lipinski definition) is 6. The maximum atomic E-state index is 13.7. The monoisotopic (exact) mass is 507 g/mol. The Bertz CT molecular complexity index is 1420. The molecule has 5 rings (SSSR count). The summed E-state index contributed by atoms with van der Waals surface area (Å²) < 4.78 is 52.8. The average molecular weight is 507 g/mol. The highest BCUT2D eigenvalue weighted by atomic mass is 19.4. The van der Waals surface area contributed by atoms with E-state index in [1.165, 1.54) is 42.6 Å². The van der Waals surface area contributed by atoms with Gasteiger partial charge < -0.3 is 9.47 Å². The van der Waals surface area contributed by atoms with E-state index >= 15 is 0 Å². The molecule has 2 aliphatic rings. The number of hydrogen-bond donors (Lipinski definition) is 1. The Morgan fingerprint density at radius 2 is 2.05 bits per heavy atom. The van der Waals surface area contributed by atoms with Gasteiger partial charge in [0.25, 0.3) is 5.91 Å². The Morgan fingerprint density at radius 3 is 2.76 bits per heavy atom. The van der Waals surface area contributed by atoms with Crippen molar-refractivity contribution in [3.63, 3.8) is 0 Å². The van der Waals surface area contributed by atoms with Gasteiger partial charge in [0.2, 0.25) is 5.88 Å². The van der Waals surface area contributed by atoms with Gasteiger partial charge in [-0.1, -0.05) is 23.8 Å². The molecule has 1 amide bonds. The zero-order chi connectivity index (χ0) is 25.8. The predicted octanol–water partition coefficient (Wildman–Crippen LogP) is 5.43. The molecule has 1 aliphatic carbocycles. The molecule has 37 heavy (non-hydrogen) atoms. The molecular formula is C26H20F3N5O3. The van der Waals surface area contributed by atoms with Crippen LogP contribution in [0.4, 0.5) is 13.2 Å². The van der Waals surface area contributed by atoms with Crippen LogP contribution in [0.2, 0.25) is 0 Å².